The normalized spacial score (nSPS) is 23.9. The summed E-state index contributed by atoms with van der Waals surface area (Å²) in [7, 11) is 0. The molecule has 2 heterocycles. The van der Waals surface area contributed by atoms with E-state index in [1.807, 2.05) is 4.90 Å². The Balaban J connectivity index is 2.02. The molecular formula is C13H16N2O. The van der Waals surface area contributed by atoms with Gasteiger partial charge < -0.3 is 10.2 Å². The van der Waals surface area contributed by atoms with Gasteiger partial charge in [-0.2, -0.15) is 0 Å². The smallest absolute Gasteiger partial charge is 0.237 e. The second-order valence-corrected chi connectivity index (χ2v) is 4.69. The molecule has 1 amide bonds. The van der Waals surface area contributed by atoms with Crippen LogP contribution in [0.3, 0.4) is 0 Å². The highest BCUT2D eigenvalue weighted by atomic mass is 16.2. The van der Waals surface area contributed by atoms with E-state index in [1.165, 1.54) is 16.7 Å². The molecule has 3 rings (SSSR count). The molecule has 0 bridgehead atoms. The van der Waals surface area contributed by atoms with Crippen LogP contribution in [0.15, 0.2) is 18.2 Å². The van der Waals surface area contributed by atoms with E-state index >= 15 is 0 Å². The summed E-state index contributed by atoms with van der Waals surface area (Å²) in [5.41, 5.74) is 4.05. The summed E-state index contributed by atoms with van der Waals surface area (Å²) in [5.74, 6) is 0.238. The van der Waals surface area contributed by atoms with Crippen LogP contribution in [0.4, 0.5) is 0 Å². The van der Waals surface area contributed by atoms with E-state index < -0.39 is 0 Å². The SMILES string of the molecule is Cc1ccc2c(c1)CCN1C(=O)CNCC21. The van der Waals surface area contributed by atoms with E-state index in [-0.39, 0.29) is 11.9 Å². The van der Waals surface area contributed by atoms with Gasteiger partial charge in [0.05, 0.1) is 12.6 Å². The highest BCUT2D eigenvalue weighted by Gasteiger charge is 2.33. The second kappa shape index (κ2) is 3.59. The zero-order valence-electron chi connectivity index (χ0n) is 9.49. The molecule has 3 nitrogen and oxygen atoms in total. The predicted octanol–water partition coefficient (Wildman–Crippen LogP) is 1.02. The van der Waals surface area contributed by atoms with Gasteiger partial charge in [-0.1, -0.05) is 23.8 Å². The Bertz CT molecular complexity index is 442. The van der Waals surface area contributed by atoms with Gasteiger partial charge in [-0.15, -0.1) is 0 Å². The van der Waals surface area contributed by atoms with Gasteiger partial charge in [0.15, 0.2) is 0 Å². The van der Waals surface area contributed by atoms with E-state index in [4.69, 9.17) is 0 Å². The number of carbonyl (C=O) groups is 1. The van der Waals surface area contributed by atoms with Crippen LogP contribution in [0, 0.1) is 6.92 Å². The maximum Gasteiger partial charge on any atom is 0.237 e. The molecule has 0 radical (unpaired) electrons. The third kappa shape index (κ3) is 1.43. The Kier molecular flexibility index (Phi) is 2.21. The zero-order chi connectivity index (χ0) is 11.1. The van der Waals surface area contributed by atoms with Crippen molar-refractivity contribution in [3.63, 3.8) is 0 Å². The van der Waals surface area contributed by atoms with Crippen LogP contribution in [-0.4, -0.2) is 30.4 Å². The minimum absolute atomic E-state index is 0.238. The summed E-state index contributed by atoms with van der Waals surface area (Å²) in [4.78, 5) is 13.8. The van der Waals surface area contributed by atoms with Crippen LogP contribution in [-0.2, 0) is 11.2 Å². The fourth-order valence-corrected chi connectivity index (χ4v) is 2.78. The van der Waals surface area contributed by atoms with Gasteiger partial charge in [0.25, 0.3) is 0 Å². The van der Waals surface area contributed by atoms with Gasteiger partial charge in [-0.3, -0.25) is 4.79 Å². The van der Waals surface area contributed by atoms with E-state index in [0.717, 1.165) is 19.5 Å². The fourth-order valence-electron chi connectivity index (χ4n) is 2.78. The number of aryl methyl sites for hydroxylation is 1. The third-order valence-electron chi connectivity index (χ3n) is 3.59. The zero-order valence-corrected chi connectivity index (χ0v) is 9.49. The lowest BCUT2D eigenvalue weighted by atomic mass is 9.90. The molecule has 2 aliphatic rings. The molecule has 1 unspecified atom stereocenters. The molecule has 1 atom stereocenters. The van der Waals surface area contributed by atoms with Crippen LogP contribution in [0.1, 0.15) is 22.7 Å². The topological polar surface area (TPSA) is 32.3 Å². The number of hydrogen-bond donors (Lipinski definition) is 1. The molecule has 3 heteroatoms. The quantitative estimate of drug-likeness (QED) is 0.702. The summed E-state index contributed by atoms with van der Waals surface area (Å²) in [6.07, 6.45) is 0.999. The Morgan fingerprint density at radius 3 is 3.19 bits per heavy atom. The van der Waals surface area contributed by atoms with E-state index in [2.05, 4.69) is 30.4 Å². The largest absolute Gasteiger partial charge is 0.333 e. The number of hydrogen-bond acceptors (Lipinski definition) is 2. The molecule has 1 aromatic rings. The summed E-state index contributed by atoms with van der Waals surface area (Å²) < 4.78 is 0. The monoisotopic (exact) mass is 216 g/mol. The number of rotatable bonds is 0. The number of nitrogens with one attached hydrogen (secondary N) is 1. The fraction of sp³-hybridized carbons (Fsp3) is 0.462. The Morgan fingerprint density at radius 2 is 2.31 bits per heavy atom. The van der Waals surface area contributed by atoms with Crippen molar-refractivity contribution in [2.45, 2.75) is 19.4 Å². The molecule has 0 aliphatic carbocycles. The Labute approximate surface area is 95.4 Å². The lowest BCUT2D eigenvalue weighted by Gasteiger charge is -2.40. The molecule has 84 valence electrons. The Hall–Kier alpha value is -1.35. The Morgan fingerprint density at radius 1 is 1.44 bits per heavy atom. The van der Waals surface area contributed by atoms with Crippen molar-refractivity contribution >= 4 is 5.91 Å². The molecule has 0 spiro atoms. The van der Waals surface area contributed by atoms with Gasteiger partial charge in [0.2, 0.25) is 5.91 Å². The van der Waals surface area contributed by atoms with Crippen molar-refractivity contribution < 1.29 is 4.79 Å². The van der Waals surface area contributed by atoms with Crippen molar-refractivity contribution in [2.24, 2.45) is 0 Å². The average molecular weight is 216 g/mol. The van der Waals surface area contributed by atoms with Crippen LogP contribution >= 0.6 is 0 Å². The number of benzene rings is 1. The van der Waals surface area contributed by atoms with Crippen LogP contribution < -0.4 is 5.32 Å². The lowest BCUT2D eigenvalue weighted by molar-refractivity contribution is -0.135. The maximum atomic E-state index is 11.8. The van der Waals surface area contributed by atoms with Gasteiger partial charge in [0, 0.05) is 13.1 Å². The molecule has 1 fully saturated rings. The number of amides is 1. The predicted molar refractivity (Wildman–Crippen MR) is 62.2 cm³/mol. The van der Waals surface area contributed by atoms with Crippen LogP contribution in [0.25, 0.3) is 0 Å². The molecule has 16 heavy (non-hydrogen) atoms. The second-order valence-electron chi connectivity index (χ2n) is 4.69. The summed E-state index contributed by atoms with van der Waals surface area (Å²) >= 11 is 0. The van der Waals surface area contributed by atoms with E-state index in [0.29, 0.717) is 6.54 Å². The summed E-state index contributed by atoms with van der Waals surface area (Å²) in [6, 6.07) is 6.83. The van der Waals surface area contributed by atoms with Crippen molar-refractivity contribution in [1.82, 2.24) is 10.2 Å². The summed E-state index contributed by atoms with van der Waals surface area (Å²) in [5, 5.41) is 3.20. The number of carbonyl (C=O) groups excluding carboxylic acids is 1. The molecule has 1 saturated heterocycles. The van der Waals surface area contributed by atoms with Gasteiger partial charge in [-0.25, -0.2) is 0 Å². The number of nitrogens with zero attached hydrogens (tertiary/aromatic N) is 1. The summed E-state index contributed by atoms with van der Waals surface area (Å²) in [6.45, 7) is 4.39. The lowest BCUT2D eigenvalue weighted by Crippen LogP contribution is -2.52. The van der Waals surface area contributed by atoms with Crippen molar-refractivity contribution in [3.8, 4) is 0 Å². The van der Waals surface area contributed by atoms with Crippen LogP contribution in [0.5, 0.6) is 0 Å². The molecule has 0 saturated carbocycles. The first-order valence-corrected chi connectivity index (χ1v) is 5.85. The van der Waals surface area contributed by atoms with Gasteiger partial charge in [0.1, 0.15) is 0 Å². The van der Waals surface area contributed by atoms with Crippen LogP contribution in [0.2, 0.25) is 0 Å². The highest BCUT2D eigenvalue weighted by molar-refractivity contribution is 5.80. The molecule has 1 aromatic carbocycles. The minimum atomic E-state index is 0.238. The van der Waals surface area contributed by atoms with Gasteiger partial charge >= 0.3 is 0 Å². The third-order valence-corrected chi connectivity index (χ3v) is 3.59. The minimum Gasteiger partial charge on any atom is -0.333 e. The average Bonchev–Trinajstić information content (AvgIpc) is 2.28. The molecule has 1 N–H and O–H groups in total. The van der Waals surface area contributed by atoms with Gasteiger partial charge in [-0.05, 0) is 24.5 Å². The van der Waals surface area contributed by atoms with E-state index in [9.17, 15) is 4.79 Å². The standard InChI is InChI=1S/C13H16N2O/c1-9-2-3-11-10(6-9)4-5-15-12(11)7-14-8-13(15)16/h2-3,6,12,14H,4-5,7-8H2,1H3. The first-order valence-electron chi connectivity index (χ1n) is 5.85. The molecule has 2 aliphatic heterocycles. The van der Waals surface area contributed by atoms with Crippen molar-refractivity contribution in [2.75, 3.05) is 19.6 Å². The molecular weight excluding hydrogens is 200 g/mol. The highest BCUT2D eigenvalue weighted by Crippen LogP contribution is 2.31. The van der Waals surface area contributed by atoms with Crippen molar-refractivity contribution in [1.29, 1.82) is 0 Å². The van der Waals surface area contributed by atoms with Crippen molar-refractivity contribution in [3.05, 3.63) is 34.9 Å². The first kappa shape index (κ1) is 9.85. The maximum absolute atomic E-state index is 11.8. The van der Waals surface area contributed by atoms with E-state index in [1.54, 1.807) is 0 Å². The molecule has 0 aromatic heterocycles. The number of fused-ring (bicyclic) bond motifs is 3. The number of piperazine rings is 1. The first-order chi connectivity index (χ1) is 7.75.